The lowest BCUT2D eigenvalue weighted by atomic mass is 10.2. The van der Waals surface area contributed by atoms with E-state index in [1.165, 1.54) is 24.3 Å². The Morgan fingerprint density at radius 2 is 1.18 bits per heavy atom. The Balaban J connectivity index is 2.05. The molecule has 0 saturated heterocycles. The van der Waals surface area contributed by atoms with Crippen molar-refractivity contribution >= 4 is 11.7 Å². The summed E-state index contributed by atoms with van der Waals surface area (Å²) in [5.74, 6) is -0.0447. The summed E-state index contributed by atoms with van der Waals surface area (Å²) in [6.45, 7) is 2.14. The van der Waals surface area contributed by atoms with Crippen LogP contribution in [0.3, 0.4) is 0 Å². The van der Waals surface area contributed by atoms with E-state index >= 15 is 0 Å². The number of rotatable bonds is 16. The molecule has 0 radical (unpaired) electrons. The van der Waals surface area contributed by atoms with E-state index in [-0.39, 0.29) is 18.1 Å². The molecule has 33 heavy (non-hydrogen) atoms. The van der Waals surface area contributed by atoms with Crippen LogP contribution < -0.4 is 4.74 Å². The fourth-order valence-electron chi connectivity index (χ4n) is 2.66. The average molecular weight is 450 g/mol. The number of ether oxygens (including phenoxy) is 1. The smallest absolute Gasteiger partial charge is 0.311 e. The SMILES string of the molecule is CCC=CCC=CCC=CCC=CCC=CCC=CCCC(=O)Oc1ccc([N+](=O)[O-])cc1. The maximum absolute atomic E-state index is 11.8. The van der Waals surface area contributed by atoms with Gasteiger partial charge in [0.25, 0.3) is 5.69 Å². The molecule has 0 unspecified atom stereocenters. The van der Waals surface area contributed by atoms with Crippen LogP contribution >= 0.6 is 0 Å². The van der Waals surface area contributed by atoms with Gasteiger partial charge in [-0.05, 0) is 57.1 Å². The first kappa shape index (κ1) is 27.6. The van der Waals surface area contributed by atoms with Crippen molar-refractivity contribution in [2.45, 2.75) is 58.3 Å². The van der Waals surface area contributed by atoms with E-state index in [0.29, 0.717) is 12.2 Å². The summed E-state index contributed by atoms with van der Waals surface area (Å²) in [6, 6.07) is 5.47. The largest absolute Gasteiger partial charge is 0.427 e. The van der Waals surface area contributed by atoms with Gasteiger partial charge in [0.1, 0.15) is 5.75 Å². The van der Waals surface area contributed by atoms with Crippen LogP contribution in [0.2, 0.25) is 0 Å². The highest BCUT2D eigenvalue weighted by Crippen LogP contribution is 2.17. The fraction of sp³-hybridized carbons (Fsp3) is 0.321. The van der Waals surface area contributed by atoms with Crippen LogP contribution in [0.1, 0.15) is 58.3 Å². The van der Waals surface area contributed by atoms with Gasteiger partial charge in [0.2, 0.25) is 0 Å². The third-order valence-electron chi connectivity index (χ3n) is 4.39. The van der Waals surface area contributed by atoms with E-state index in [1.807, 2.05) is 12.2 Å². The van der Waals surface area contributed by atoms with Crippen molar-refractivity contribution < 1.29 is 14.5 Å². The van der Waals surface area contributed by atoms with Gasteiger partial charge in [0.15, 0.2) is 0 Å². The minimum atomic E-state index is -0.492. The van der Waals surface area contributed by atoms with E-state index in [4.69, 9.17) is 4.74 Å². The molecule has 0 aliphatic heterocycles. The number of carbonyl (C=O) groups excluding carboxylic acids is 1. The maximum atomic E-state index is 11.8. The molecule has 1 aromatic rings. The van der Waals surface area contributed by atoms with E-state index in [0.717, 1.165) is 38.5 Å². The number of nitro benzene ring substituents is 1. The highest BCUT2D eigenvalue weighted by molar-refractivity contribution is 5.72. The van der Waals surface area contributed by atoms with Gasteiger partial charge in [0.05, 0.1) is 4.92 Å². The maximum Gasteiger partial charge on any atom is 0.311 e. The lowest BCUT2D eigenvalue weighted by Gasteiger charge is -2.02. The number of hydrogen-bond acceptors (Lipinski definition) is 4. The van der Waals surface area contributed by atoms with Crippen LogP contribution in [-0.2, 0) is 4.79 Å². The minimum absolute atomic E-state index is 0.0345. The van der Waals surface area contributed by atoms with Crippen LogP contribution in [0, 0.1) is 10.1 Å². The Labute approximate surface area is 197 Å². The lowest BCUT2D eigenvalue weighted by molar-refractivity contribution is -0.384. The van der Waals surface area contributed by atoms with Crippen LogP contribution in [0.15, 0.2) is 97.2 Å². The van der Waals surface area contributed by atoms with Crippen molar-refractivity contribution in [2.24, 2.45) is 0 Å². The van der Waals surface area contributed by atoms with Gasteiger partial charge in [-0.3, -0.25) is 14.9 Å². The molecule has 0 heterocycles. The van der Waals surface area contributed by atoms with Gasteiger partial charge in [0, 0.05) is 18.6 Å². The van der Waals surface area contributed by atoms with Gasteiger partial charge in [-0.2, -0.15) is 0 Å². The Morgan fingerprint density at radius 3 is 1.61 bits per heavy atom. The molecule has 0 bridgehead atoms. The lowest BCUT2D eigenvalue weighted by Crippen LogP contribution is -2.06. The number of nitro groups is 1. The zero-order valence-electron chi connectivity index (χ0n) is 19.5. The second kappa shape index (κ2) is 19.2. The molecule has 5 nitrogen and oxygen atoms in total. The molecule has 5 heteroatoms. The zero-order chi connectivity index (χ0) is 24.0. The summed E-state index contributed by atoms with van der Waals surface area (Å²) in [5.41, 5.74) is -0.0345. The number of carbonyl (C=O) groups is 1. The monoisotopic (exact) mass is 449 g/mol. The molecule has 176 valence electrons. The molecule has 0 spiro atoms. The Hall–Kier alpha value is -3.47. The number of allylic oxidation sites excluding steroid dienone is 12. The number of hydrogen-bond donors (Lipinski definition) is 0. The molecule has 1 rings (SSSR count). The molecule has 0 aliphatic carbocycles. The number of nitrogens with zero attached hydrogens (tertiary/aromatic N) is 1. The van der Waals surface area contributed by atoms with Crippen LogP contribution in [-0.4, -0.2) is 10.9 Å². The molecule has 1 aromatic carbocycles. The topological polar surface area (TPSA) is 69.4 Å². The minimum Gasteiger partial charge on any atom is -0.427 e. The summed E-state index contributed by atoms with van der Waals surface area (Å²) < 4.78 is 5.16. The Kier molecular flexibility index (Phi) is 16.1. The fourth-order valence-corrected chi connectivity index (χ4v) is 2.66. The van der Waals surface area contributed by atoms with Crippen molar-refractivity contribution in [1.29, 1.82) is 0 Å². The highest BCUT2D eigenvalue weighted by Gasteiger charge is 2.07. The number of benzene rings is 1. The van der Waals surface area contributed by atoms with Crippen molar-refractivity contribution in [2.75, 3.05) is 0 Å². The van der Waals surface area contributed by atoms with E-state index < -0.39 is 4.92 Å². The van der Waals surface area contributed by atoms with Gasteiger partial charge >= 0.3 is 5.97 Å². The van der Waals surface area contributed by atoms with Gasteiger partial charge < -0.3 is 4.74 Å². The number of non-ortho nitro benzene ring substituents is 1. The molecular formula is C28H35NO4. The van der Waals surface area contributed by atoms with Gasteiger partial charge in [-0.25, -0.2) is 0 Å². The molecule has 0 aromatic heterocycles. The van der Waals surface area contributed by atoms with E-state index in [9.17, 15) is 14.9 Å². The third-order valence-corrected chi connectivity index (χ3v) is 4.39. The first-order valence-corrected chi connectivity index (χ1v) is 11.5. The zero-order valence-corrected chi connectivity index (χ0v) is 19.5. The molecule has 0 atom stereocenters. The molecule has 0 aliphatic rings. The average Bonchev–Trinajstić information content (AvgIpc) is 2.81. The van der Waals surface area contributed by atoms with Crippen LogP contribution in [0.4, 0.5) is 5.69 Å². The van der Waals surface area contributed by atoms with Crippen molar-refractivity contribution in [3.05, 3.63) is 107 Å². The van der Waals surface area contributed by atoms with E-state index in [2.05, 4.69) is 67.7 Å². The summed E-state index contributed by atoms with van der Waals surface area (Å²) in [5, 5.41) is 10.6. The van der Waals surface area contributed by atoms with Crippen LogP contribution in [0.25, 0.3) is 0 Å². The Bertz CT molecular complexity index is 858. The molecule has 0 N–H and O–H groups in total. The normalized spacial score (nSPS) is 12.4. The molecule has 0 amide bonds. The summed E-state index contributed by atoms with van der Waals surface area (Å²) in [7, 11) is 0. The van der Waals surface area contributed by atoms with Crippen molar-refractivity contribution in [3.8, 4) is 5.75 Å². The molecule has 0 fully saturated rings. The third kappa shape index (κ3) is 15.9. The predicted molar refractivity (Wildman–Crippen MR) is 136 cm³/mol. The Morgan fingerprint density at radius 1 is 0.758 bits per heavy atom. The summed E-state index contributed by atoms with van der Waals surface area (Å²) in [4.78, 5) is 21.9. The molecular weight excluding hydrogens is 414 g/mol. The first-order chi connectivity index (χ1) is 16.1. The molecule has 0 saturated carbocycles. The van der Waals surface area contributed by atoms with Gasteiger partial charge in [-0.15, -0.1) is 0 Å². The summed E-state index contributed by atoms with van der Waals surface area (Å²) >= 11 is 0. The van der Waals surface area contributed by atoms with Gasteiger partial charge in [-0.1, -0.05) is 79.8 Å². The highest BCUT2D eigenvalue weighted by atomic mass is 16.6. The second-order valence-corrected chi connectivity index (χ2v) is 7.18. The summed E-state index contributed by atoms with van der Waals surface area (Å²) in [6.07, 6.45) is 32.3. The first-order valence-electron chi connectivity index (χ1n) is 11.5. The van der Waals surface area contributed by atoms with Crippen LogP contribution in [0.5, 0.6) is 5.75 Å². The number of esters is 1. The second-order valence-electron chi connectivity index (χ2n) is 7.18. The van der Waals surface area contributed by atoms with E-state index in [1.54, 1.807) is 0 Å². The predicted octanol–water partition coefficient (Wildman–Crippen LogP) is 7.98. The van der Waals surface area contributed by atoms with Crippen molar-refractivity contribution in [3.63, 3.8) is 0 Å². The standard InChI is InChI=1S/C28H35NO4/c1-2-3-4-5-6-7-8-9-10-11-12-13-14-15-16-17-18-19-20-21-28(30)33-27-24-22-26(23-25-27)29(31)32/h3-4,6-7,9-10,12-13,15-16,18-19,22-25H,2,5,8,11,14,17,20-21H2,1H3. The quantitative estimate of drug-likeness (QED) is 0.0843. The van der Waals surface area contributed by atoms with Crippen molar-refractivity contribution in [1.82, 2.24) is 0 Å².